The van der Waals surface area contributed by atoms with Crippen LogP contribution in [0.2, 0.25) is 0 Å². The number of rotatable bonds is 5. The Morgan fingerprint density at radius 3 is 2.76 bits per heavy atom. The number of aryl methyl sites for hydroxylation is 1. The molecule has 1 aliphatic heterocycles. The first-order valence-electron chi connectivity index (χ1n) is 10.9. The number of nitrogens with one attached hydrogen (secondary N) is 1. The lowest BCUT2D eigenvalue weighted by atomic mass is 9.98. The molecule has 0 radical (unpaired) electrons. The average Bonchev–Trinajstić information content (AvgIpc) is 3.46. The molecule has 0 bridgehead atoms. The molecule has 0 saturated heterocycles. The number of pyridine rings is 1. The Morgan fingerprint density at radius 1 is 1.15 bits per heavy atom. The molecule has 0 fully saturated rings. The van der Waals surface area contributed by atoms with E-state index in [1.165, 1.54) is 6.07 Å². The highest BCUT2D eigenvalue weighted by Gasteiger charge is 2.29. The maximum atomic E-state index is 14.1. The summed E-state index contributed by atoms with van der Waals surface area (Å²) in [6.07, 6.45) is 3.99. The van der Waals surface area contributed by atoms with Crippen molar-refractivity contribution in [3.8, 4) is 17.2 Å². The van der Waals surface area contributed by atoms with Crippen LogP contribution < -0.4 is 10.2 Å². The van der Waals surface area contributed by atoms with E-state index in [1.807, 2.05) is 31.3 Å². The summed E-state index contributed by atoms with van der Waals surface area (Å²) in [4.78, 5) is 19.0. The summed E-state index contributed by atoms with van der Waals surface area (Å²) < 4.78 is 15.8. The number of hydrogen-bond acceptors (Lipinski definition) is 5. The quantitative estimate of drug-likeness (QED) is 0.486. The zero-order valence-corrected chi connectivity index (χ0v) is 18.5. The van der Waals surface area contributed by atoms with Gasteiger partial charge in [-0.25, -0.2) is 9.37 Å². The normalized spacial score (nSPS) is 12.3. The van der Waals surface area contributed by atoms with Gasteiger partial charge in [-0.1, -0.05) is 18.2 Å². The molecule has 0 unspecified atom stereocenters. The molecular weight excluding hydrogens is 431 g/mol. The van der Waals surface area contributed by atoms with Gasteiger partial charge in [0.2, 0.25) is 5.91 Å². The van der Waals surface area contributed by atoms with Gasteiger partial charge in [-0.2, -0.15) is 10.4 Å². The molecule has 2 aromatic heterocycles. The first-order chi connectivity index (χ1) is 16.5. The van der Waals surface area contributed by atoms with Crippen LogP contribution in [-0.2, 0) is 24.7 Å². The summed E-state index contributed by atoms with van der Waals surface area (Å²) in [5.41, 5.74) is 4.08. The van der Waals surface area contributed by atoms with Gasteiger partial charge in [-0.3, -0.25) is 9.48 Å². The van der Waals surface area contributed by atoms with Crippen molar-refractivity contribution in [1.29, 1.82) is 5.26 Å². The second kappa shape index (κ2) is 8.79. The van der Waals surface area contributed by atoms with E-state index in [2.05, 4.69) is 21.5 Å². The fourth-order valence-electron chi connectivity index (χ4n) is 4.26. The third-order valence-corrected chi connectivity index (χ3v) is 5.95. The Bertz CT molecular complexity index is 1440. The van der Waals surface area contributed by atoms with E-state index in [0.717, 1.165) is 22.5 Å². The first-order valence-corrected chi connectivity index (χ1v) is 10.9. The summed E-state index contributed by atoms with van der Waals surface area (Å²) in [7, 11) is 1.84. The fraction of sp³-hybridized carbons (Fsp3) is 0.154. The Hall–Kier alpha value is -4.51. The minimum absolute atomic E-state index is 0.0495. The predicted molar refractivity (Wildman–Crippen MR) is 127 cm³/mol. The number of amides is 1. The number of hydrogen-bond donors (Lipinski definition) is 1. The number of carbonyl (C=O) groups is 1. The van der Waals surface area contributed by atoms with E-state index in [-0.39, 0.29) is 12.3 Å². The van der Waals surface area contributed by atoms with Gasteiger partial charge < -0.3 is 10.2 Å². The van der Waals surface area contributed by atoms with E-state index in [4.69, 9.17) is 0 Å². The minimum Gasteiger partial charge on any atom is -0.325 e. The van der Waals surface area contributed by atoms with E-state index in [0.29, 0.717) is 35.6 Å². The Balaban J connectivity index is 1.44. The van der Waals surface area contributed by atoms with Crippen LogP contribution in [-0.4, -0.2) is 27.2 Å². The van der Waals surface area contributed by atoms with Crippen molar-refractivity contribution in [3.63, 3.8) is 0 Å². The molecule has 2 aromatic carbocycles. The molecule has 0 saturated carbocycles. The number of anilines is 3. The van der Waals surface area contributed by atoms with Gasteiger partial charge in [-0.15, -0.1) is 0 Å². The third kappa shape index (κ3) is 3.99. The molecule has 8 heteroatoms. The maximum Gasteiger partial charge on any atom is 0.231 e. The largest absolute Gasteiger partial charge is 0.325 e. The molecule has 1 aliphatic rings. The number of halogens is 1. The van der Waals surface area contributed by atoms with Crippen molar-refractivity contribution in [2.75, 3.05) is 16.8 Å². The van der Waals surface area contributed by atoms with Crippen molar-refractivity contribution in [1.82, 2.24) is 14.8 Å². The van der Waals surface area contributed by atoms with Crippen molar-refractivity contribution in [2.24, 2.45) is 7.05 Å². The van der Waals surface area contributed by atoms with Crippen molar-refractivity contribution in [3.05, 3.63) is 89.5 Å². The molecule has 5 rings (SSSR count). The molecule has 168 valence electrons. The lowest BCUT2D eigenvalue weighted by molar-refractivity contribution is -0.117. The Labute approximate surface area is 196 Å². The summed E-state index contributed by atoms with van der Waals surface area (Å²) >= 11 is 0. The maximum absolute atomic E-state index is 14.1. The zero-order chi connectivity index (χ0) is 23.7. The second-order valence-corrected chi connectivity index (χ2v) is 8.10. The van der Waals surface area contributed by atoms with Crippen LogP contribution in [0.1, 0.15) is 16.7 Å². The molecule has 3 heterocycles. The van der Waals surface area contributed by atoms with Gasteiger partial charge in [0.05, 0.1) is 23.9 Å². The zero-order valence-electron chi connectivity index (χ0n) is 18.5. The summed E-state index contributed by atoms with van der Waals surface area (Å²) in [5, 5.41) is 17.3. The average molecular weight is 452 g/mol. The first kappa shape index (κ1) is 21.3. The van der Waals surface area contributed by atoms with Gasteiger partial charge in [0, 0.05) is 25.9 Å². The monoisotopic (exact) mass is 452 g/mol. The standard InChI is InChI=1S/C26H21FN6O/c1-32-24(7-10-30-32)31-23-14-17(6-9-29-23)20-12-19-8-11-33(26(19)21(13-20)16-28)25(34)15-18-4-2-3-5-22(18)27/h2-7,9-10,12-14H,8,11,15H2,1H3,(H,29,31). The molecule has 1 amide bonds. The van der Waals surface area contributed by atoms with Crippen molar-refractivity contribution >= 4 is 23.2 Å². The van der Waals surface area contributed by atoms with Crippen LogP contribution >= 0.6 is 0 Å². The fourth-order valence-corrected chi connectivity index (χ4v) is 4.26. The second-order valence-electron chi connectivity index (χ2n) is 8.10. The summed E-state index contributed by atoms with van der Waals surface area (Å²) in [6.45, 7) is 0.463. The number of fused-ring (bicyclic) bond motifs is 1. The van der Waals surface area contributed by atoms with Crippen LogP contribution in [0.15, 0.2) is 67.0 Å². The molecule has 34 heavy (non-hydrogen) atoms. The highest BCUT2D eigenvalue weighted by Crippen LogP contribution is 2.37. The number of benzene rings is 2. The molecule has 0 aliphatic carbocycles. The number of aromatic nitrogens is 3. The summed E-state index contributed by atoms with van der Waals surface area (Å²) in [5.74, 6) is 0.834. The van der Waals surface area contributed by atoms with E-state index in [9.17, 15) is 14.4 Å². The Kier molecular flexibility index (Phi) is 5.52. The highest BCUT2D eigenvalue weighted by atomic mass is 19.1. The van der Waals surface area contributed by atoms with Crippen LogP contribution in [0.25, 0.3) is 11.1 Å². The van der Waals surface area contributed by atoms with E-state index in [1.54, 1.807) is 46.2 Å². The van der Waals surface area contributed by atoms with Crippen molar-refractivity contribution in [2.45, 2.75) is 12.8 Å². The summed E-state index contributed by atoms with van der Waals surface area (Å²) in [6, 6.07) is 18.0. The molecule has 1 N–H and O–H groups in total. The third-order valence-electron chi connectivity index (χ3n) is 5.95. The van der Waals surface area contributed by atoms with Gasteiger partial charge >= 0.3 is 0 Å². The van der Waals surface area contributed by atoms with Gasteiger partial charge in [0.1, 0.15) is 23.5 Å². The lowest BCUT2D eigenvalue weighted by Crippen LogP contribution is -2.31. The van der Waals surface area contributed by atoms with Gasteiger partial charge in [0.25, 0.3) is 0 Å². The van der Waals surface area contributed by atoms with E-state index >= 15 is 0 Å². The van der Waals surface area contributed by atoms with Gasteiger partial charge in [-0.05, 0) is 59.0 Å². The topological polar surface area (TPSA) is 86.8 Å². The van der Waals surface area contributed by atoms with Crippen LogP contribution in [0, 0.1) is 17.1 Å². The SMILES string of the molecule is Cn1nccc1Nc1cc(-c2cc(C#N)c3c(c2)CCN3C(=O)Cc2ccccc2F)ccn1. The lowest BCUT2D eigenvalue weighted by Gasteiger charge is -2.19. The smallest absolute Gasteiger partial charge is 0.231 e. The minimum atomic E-state index is -0.403. The predicted octanol–water partition coefficient (Wildman–Crippen LogP) is 4.37. The number of nitriles is 1. The molecule has 4 aromatic rings. The number of nitrogens with zero attached hydrogens (tertiary/aromatic N) is 5. The Morgan fingerprint density at radius 2 is 2.00 bits per heavy atom. The highest BCUT2D eigenvalue weighted by molar-refractivity contribution is 5.99. The van der Waals surface area contributed by atoms with Crippen LogP contribution in [0.4, 0.5) is 21.7 Å². The molecule has 0 atom stereocenters. The van der Waals surface area contributed by atoms with Crippen LogP contribution in [0.3, 0.4) is 0 Å². The molecular formula is C26H21FN6O. The van der Waals surface area contributed by atoms with Crippen LogP contribution in [0.5, 0.6) is 0 Å². The molecule has 7 nitrogen and oxygen atoms in total. The van der Waals surface area contributed by atoms with Gasteiger partial charge in [0.15, 0.2) is 0 Å². The van der Waals surface area contributed by atoms with Crippen molar-refractivity contribution < 1.29 is 9.18 Å². The van der Waals surface area contributed by atoms with E-state index < -0.39 is 5.82 Å². The molecule has 0 spiro atoms. The number of carbonyl (C=O) groups excluding carboxylic acids is 1.